The van der Waals surface area contributed by atoms with Gasteiger partial charge in [-0.25, -0.2) is 0 Å². The van der Waals surface area contributed by atoms with Crippen LogP contribution in [-0.4, -0.2) is 37.8 Å². The van der Waals surface area contributed by atoms with Gasteiger partial charge in [0.25, 0.3) is 0 Å². The van der Waals surface area contributed by atoms with Crippen LogP contribution >= 0.6 is 11.8 Å². The van der Waals surface area contributed by atoms with Crippen molar-refractivity contribution in [3.63, 3.8) is 0 Å². The number of allylic oxidation sites excluding steroid dienone is 1. The Morgan fingerprint density at radius 3 is 2.77 bits per heavy atom. The van der Waals surface area contributed by atoms with Crippen molar-refractivity contribution in [3.05, 3.63) is 68.0 Å². The van der Waals surface area contributed by atoms with Crippen molar-refractivity contribution in [1.29, 1.82) is 5.26 Å². The van der Waals surface area contributed by atoms with Gasteiger partial charge in [-0.2, -0.15) is 0 Å². The van der Waals surface area contributed by atoms with Gasteiger partial charge in [0.15, 0.2) is 0 Å². The second-order valence-corrected chi connectivity index (χ2v) is 16.7. The number of rotatable bonds is 3. The molecular formula is C20H13InN2O2S. The Morgan fingerprint density at radius 1 is 1.19 bits per heavy atom. The third-order valence-corrected chi connectivity index (χ3v) is 18.2. The number of hydrogen-bond donors (Lipinski definition) is 1. The van der Waals surface area contributed by atoms with Crippen LogP contribution in [0.4, 0.5) is 4.79 Å². The van der Waals surface area contributed by atoms with Crippen LogP contribution in [0.5, 0.6) is 0 Å². The Balaban J connectivity index is 1.52. The average molecular weight is 460 g/mol. The number of benzene rings is 2. The molecule has 2 aromatic carbocycles. The van der Waals surface area contributed by atoms with E-state index in [1.54, 1.807) is 0 Å². The molecule has 0 aromatic heterocycles. The number of carbonyl (C=O) groups is 2. The van der Waals surface area contributed by atoms with Crippen molar-refractivity contribution in [2.75, 3.05) is 0 Å². The number of imide groups is 1. The van der Waals surface area contributed by atoms with E-state index >= 15 is 0 Å². The molecule has 1 fully saturated rings. The molecule has 4 nitrogen and oxygen atoms in total. The van der Waals surface area contributed by atoms with Crippen LogP contribution in [0.2, 0.25) is 0 Å². The van der Waals surface area contributed by atoms with Gasteiger partial charge in [-0.05, 0) is 0 Å². The van der Waals surface area contributed by atoms with Gasteiger partial charge in [0.05, 0.1) is 0 Å². The van der Waals surface area contributed by atoms with Gasteiger partial charge in [-0.15, -0.1) is 0 Å². The Morgan fingerprint density at radius 2 is 2.04 bits per heavy atom. The fourth-order valence-electron chi connectivity index (χ4n) is 4.50. The summed E-state index contributed by atoms with van der Waals surface area (Å²) in [6.45, 7) is 0. The summed E-state index contributed by atoms with van der Waals surface area (Å²) in [7, 11) is 0. The van der Waals surface area contributed by atoms with Gasteiger partial charge >= 0.3 is 163 Å². The predicted molar refractivity (Wildman–Crippen MR) is 102 cm³/mol. The molecule has 0 aliphatic carbocycles. The molecule has 5 rings (SSSR count). The number of nitrogens with one attached hydrogen (secondary N) is 1. The number of amides is 2. The monoisotopic (exact) mass is 460 g/mol. The normalized spacial score (nSPS) is 22.4. The quantitative estimate of drug-likeness (QED) is 0.765. The number of nitrogens with zero attached hydrogens (tertiary/aromatic N) is 1. The Bertz CT molecular complexity index is 1060. The van der Waals surface area contributed by atoms with Crippen LogP contribution in [0.3, 0.4) is 0 Å². The molecule has 0 spiro atoms. The molecule has 4 bridgehead atoms. The molecule has 1 saturated heterocycles. The summed E-state index contributed by atoms with van der Waals surface area (Å²) in [4.78, 5) is 24.1. The third-order valence-electron chi connectivity index (χ3n) is 5.46. The summed E-state index contributed by atoms with van der Waals surface area (Å²) in [6, 6.07) is 16.4. The maximum absolute atomic E-state index is 12.3. The van der Waals surface area contributed by atoms with Crippen LogP contribution in [0.25, 0.3) is 6.08 Å². The summed E-state index contributed by atoms with van der Waals surface area (Å²) < 4.78 is 3.15. The molecule has 3 aliphatic heterocycles. The van der Waals surface area contributed by atoms with E-state index in [9.17, 15) is 9.59 Å². The van der Waals surface area contributed by atoms with E-state index in [1.807, 2.05) is 18.2 Å². The average Bonchev–Trinajstić information content (AvgIpc) is 3.20. The van der Waals surface area contributed by atoms with Crippen LogP contribution in [-0.2, 0) is 11.2 Å². The van der Waals surface area contributed by atoms with Crippen LogP contribution in [0, 0.1) is 11.3 Å². The van der Waals surface area contributed by atoms with Gasteiger partial charge in [0.2, 0.25) is 0 Å². The zero-order valence-corrected chi connectivity index (χ0v) is 17.8. The third kappa shape index (κ3) is 2.38. The second kappa shape index (κ2) is 6.04. The molecule has 1 N–H and O–H groups in total. The van der Waals surface area contributed by atoms with E-state index in [4.69, 9.17) is 5.26 Å². The number of nitriles is 1. The summed E-state index contributed by atoms with van der Waals surface area (Å²) in [5, 5.41) is 11.1. The van der Waals surface area contributed by atoms with Crippen LogP contribution < -0.4 is 8.64 Å². The Kier molecular flexibility index (Phi) is 3.77. The molecule has 124 valence electrons. The minimum absolute atomic E-state index is 0.132. The zero-order chi connectivity index (χ0) is 17.8. The topological polar surface area (TPSA) is 70.0 Å². The fraction of sp³-hybridized carbons (Fsp3) is 0.150. The number of carbonyl (C=O) groups excluding carboxylic acids is 2. The molecule has 6 heteroatoms. The summed E-state index contributed by atoms with van der Waals surface area (Å²) in [5.41, 5.74) is 4.39. The van der Waals surface area contributed by atoms with Crippen molar-refractivity contribution in [1.82, 2.24) is 5.32 Å². The molecule has 0 saturated carbocycles. The van der Waals surface area contributed by atoms with Gasteiger partial charge in [0, 0.05) is 0 Å². The maximum atomic E-state index is 12.3. The number of thioether (sulfide) groups is 1. The van der Waals surface area contributed by atoms with Gasteiger partial charge < -0.3 is 0 Å². The van der Waals surface area contributed by atoms with Crippen molar-refractivity contribution in [2.24, 2.45) is 0 Å². The standard InChI is InChI=1S/C20H13N2O2S.In/c21-13-15-7-3-5-14(11-15)6-4-10-16-8-1-2-9-17(16)12-18-19(23)22-20(24)25-18;/h1-3,5,7,9-12,18H,6H2,(H,22,23,24);. The molecule has 26 heavy (non-hydrogen) atoms. The van der Waals surface area contributed by atoms with Crippen molar-refractivity contribution < 1.29 is 9.59 Å². The van der Waals surface area contributed by atoms with Crippen molar-refractivity contribution in [2.45, 2.75) is 15.3 Å². The Hall–Kier alpha value is -1.97. The molecule has 3 aliphatic rings. The molecule has 2 aromatic rings. The molecular weight excluding hydrogens is 447 g/mol. The molecule has 2 unspecified atom stereocenters. The number of hydrogen-bond acceptors (Lipinski definition) is 4. The molecule has 3 heterocycles. The van der Waals surface area contributed by atoms with E-state index in [-0.39, 0.29) is 20.1 Å². The first-order valence-corrected chi connectivity index (χ1v) is 14.6. The first kappa shape index (κ1) is 16.2. The summed E-state index contributed by atoms with van der Waals surface area (Å²) in [6.07, 6.45) is 3.16. The van der Waals surface area contributed by atoms with Crippen molar-refractivity contribution >= 4 is 53.7 Å². The van der Waals surface area contributed by atoms with E-state index in [0.29, 0.717) is 5.56 Å². The zero-order valence-electron chi connectivity index (χ0n) is 13.7. The predicted octanol–water partition coefficient (Wildman–Crippen LogP) is 2.43. The van der Waals surface area contributed by atoms with E-state index in [2.05, 4.69) is 41.7 Å². The molecule has 2 amide bonds. The van der Waals surface area contributed by atoms with Gasteiger partial charge in [-0.1, -0.05) is 0 Å². The first-order valence-electron chi connectivity index (χ1n) is 8.49. The van der Waals surface area contributed by atoms with E-state index < -0.39 is 21.4 Å². The second-order valence-electron chi connectivity index (χ2n) is 6.88. The minimum atomic E-state index is -2.44. The van der Waals surface area contributed by atoms with Gasteiger partial charge in [0.1, 0.15) is 0 Å². The fourth-order valence-corrected chi connectivity index (χ4v) is 18.9. The van der Waals surface area contributed by atoms with Crippen LogP contribution in [0.1, 0.15) is 25.9 Å². The van der Waals surface area contributed by atoms with Crippen molar-refractivity contribution in [3.8, 4) is 6.07 Å². The van der Waals surface area contributed by atoms with Gasteiger partial charge in [-0.3, -0.25) is 0 Å². The molecule has 0 radical (unpaired) electrons. The first-order chi connectivity index (χ1) is 12.7. The van der Waals surface area contributed by atoms with Crippen LogP contribution in [0.15, 0.2) is 45.8 Å². The van der Waals surface area contributed by atoms with E-state index in [0.717, 1.165) is 23.7 Å². The van der Waals surface area contributed by atoms with E-state index in [1.165, 1.54) is 17.8 Å². The SMILES string of the molecule is N#Cc1cccc(C[C]2=Cc3c4ccc[c]3[In]2[CH]4C2SC(=O)NC2=O)c1. The Labute approximate surface area is 162 Å². The summed E-state index contributed by atoms with van der Waals surface area (Å²) >= 11 is -1.28. The molecule has 2 atom stereocenters. The summed E-state index contributed by atoms with van der Waals surface area (Å²) in [5.74, 6) is -0.132.